The van der Waals surface area contributed by atoms with Crippen LogP contribution in [-0.2, 0) is 20.2 Å². The van der Waals surface area contributed by atoms with Crippen LogP contribution in [0.5, 0.6) is 0 Å². The highest BCUT2D eigenvalue weighted by atomic mass is 32.2. The van der Waals surface area contributed by atoms with Crippen molar-refractivity contribution in [1.29, 1.82) is 0 Å². The van der Waals surface area contributed by atoms with Crippen molar-refractivity contribution in [3.05, 3.63) is 89.2 Å². The molecule has 0 unspecified atom stereocenters. The van der Waals surface area contributed by atoms with Crippen molar-refractivity contribution in [2.75, 3.05) is 10.0 Å². The summed E-state index contributed by atoms with van der Waals surface area (Å²) in [6, 6.07) is 17.8. The topological polar surface area (TPSA) is 75.3 Å². The maximum absolute atomic E-state index is 13.3. The average Bonchev–Trinajstić information content (AvgIpc) is 3.51. The molecule has 3 aromatic carbocycles. The van der Waals surface area contributed by atoms with E-state index in [-0.39, 0.29) is 16.6 Å². The molecule has 0 atom stereocenters. The first-order valence-corrected chi connectivity index (χ1v) is 11.5. The highest BCUT2D eigenvalue weighted by molar-refractivity contribution is 7.92. The highest BCUT2D eigenvalue weighted by Crippen LogP contribution is 2.49. The Kier molecular flexibility index (Phi) is 5.31. The van der Waals surface area contributed by atoms with Crippen LogP contribution in [0.4, 0.5) is 15.8 Å². The predicted octanol–water partition coefficient (Wildman–Crippen LogP) is 4.91. The number of rotatable bonds is 6. The van der Waals surface area contributed by atoms with Gasteiger partial charge < -0.3 is 5.32 Å². The first-order chi connectivity index (χ1) is 14.7. The number of aryl methyl sites for hydroxylation is 2. The second kappa shape index (κ2) is 7.81. The molecule has 0 bridgehead atoms. The van der Waals surface area contributed by atoms with Gasteiger partial charge in [-0.15, -0.1) is 0 Å². The van der Waals surface area contributed by atoms with Crippen LogP contribution in [0.2, 0.25) is 0 Å². The van der Waals surface area contributed by atoms with Crippen LogP contribution in [0.15, 0.2) is 71.6 Å². The molecule has 0 radical (unpaired) electrons. The quantitative estimate of drug-likeness (QED) is 0.574. The lowest BCUT2D eigenvalue weighted by Crippen LogP contribution is -2.28. The number of anilines is 2. The minimum absolute atomic E-state index is 0.0958. The van der Waals surface area contributed by atoms with Crippen molar-refractivity contribution in [2.45, 2.75) is 37.0 Å². The van der Waals surface area contributed by atoms with Gasteiger partial charge in [0.05, 0.1) is 10.3 Å². The number of hydrogen-bond acceptors (Lipinski definition) is 3. The first kappa shape index (κ1) is 21.1. The van der Waals surface area contributed by atoms with E-state index in [0.29, 0.717) is 29.8 Å². The molecule has 0 saturated heterocycles. The van der Waals surface area contributed by atoms with E-state index in [2.05, 4.69) is 10.0 Å². The third-order valence-electron chi connectivity index (χ3n) is 5.59. The fourth-order valence-electron chi connectivity index (χ4n) is 3.68. The zero-order valence-corrected chi connectivity index (χ0v) is 18.1. The Morgan fingerprint density at radius 2 is 1.65 bits per heavy atom. The SMILES string of the molecule is Cc1cccc(NS(=O)(=O)c2cc(NC(=O)C3(c4ccc(F)cc4)CC3)ccc2C)c1. The number of nitrogens with one attached hydrogen (secondary N) is 2. The lowest BCUT2D eigenvalue weighted by molar-refractivity contribution is -0.118. The van der Waals surface area contributed by atoms with Gasteiger partial charge in [-0.3, -0.25) is 9.52 Å². The summed E-state index contributed by atoms with van der Waals surface area (Å²) in [5.74, 6) is -0.576. The molecule has 1 amide bonds. The molecule has 7 heteroatoms. The Bertz CT molecular complexity index is 1250. The molecule has 31 heavy (non-hydrogen) atoms. The van der Waals surface area contributed by atoms with Gasteiger partial charge in [-0.25, -0.2) is 12.8 Å². The van der Waals surface area contributed by atoms with E-state index < -0.39 is 15.4 Å². The van der Waals surface area contributed by atoms with Crippen molar-refractivity contribution < 1.29 is 17.6 Å². The predicted molar refractivity (Wildman–Crippen MR) is 119 cm³/mol. The van der Waals surface area contributed by atoms with Crippen molar-refractivity contribution in [3.63, 3.8) is 0 Å². The van der Waals surface area contributed by atoms with Crippen LogP contribution in [0, 0.1) is 19.7 Å². The van der Waals surface area contributed by atoms with Crippen molar-refractivity contribution in [2.24, 2.45) is 0 Å². The lowest BCUT2D eigenvalue weighted by Gasteiger charge is -2.17. The van der Waals surface area contributed by atoms with Crippen molar-refractivity contribution in [1.82, 2.24) is 0 Å². The van der Waals surface area contributed by atoms with E-state index >= 15 is 0 Å². The zero-order valence-electron chi connectivity index (χ0n) is 17.3. The number of halogens is 1. The summed E-state index contributed by atoms with van der Waals surface area (Å²) in [6.45, 7) is 3.59. The van der Waals surface area contributed by atoms with Gasteiger partial charge in [0.1, 0.15) is 5.82 Å². The van der Waals surface area contributed by atoms with Gasteiger partial charge in [0.15, 0.2) is 0 Å². The molecule has 5 nitrogen and oxygen atoms in total. The number of hydrogen-bond donors (Lipinski definition) is 2. The van der Waals surface area contributed by atoms with E-state index in [4.69, 9.17) is 0 Å². The van der Waals surface area contributed by atoms with E-state index in [9.17, 15) is 17.6 Å². The molecule has 1 aliphatic rings. The van der Waals surface area contributed by atoms with Gasteiger partial charge in [-0.05, 0) is 79.8 Å². The number of benzene rings is 3. The summed E-state index contributed by atoms with van der Waals surface area (Å²) in [5.41, 5.74) is 2.44. The fraction of sp³-hybridized carbons (Fsp3) is 0.208. The molecule has 0 aliphatic heterocycles. The second-order valence-corrected chi connectivity index (χ2v) is 9.65. The Hall–Kier alpha value is -3.19. The van der Waals surface area contributed by atoms with Crippen molar-refractivity contribution >= 4 is 27.3 Å². The Morgan fingerprint density at radius 3 is 2.29 bits per heavy atom. The summed E-state index contributed by atoms with van der Waals surface area (Å²) in [6.07, 6.45) is 1.33. The van der Waals surface area contributed by atoms with Crippen LogP contribution in [-0.4, -0.2) is 14.3 Å². The molecule has 1 aliphatic carbocycles. The normalized spacial score (nSPS) is 14.7. The molecule has 160 valence electrons. The van der Waals surface area contributed by atoms with Crippen LogP contribution in [0.1, 0.15) is 29.5 Å². The van der Waals surface area contributed by atoms with Gasteiger partial charge in [-0.2, -0.15) is 0 Å². The maximum Gasteiger partial charge on any atom is 0.262 e. The molecule has 1 fully saturated rings. The largest absolute Gasteiger partial charge is 0.325 e. The standard InChI is InChI=1S/C24H23FN2O3S/c1-16-4-3-5-21(14-16)27-31(29,30)22-15-20(11-6-17(22)2)26-23(28)24(12-13-24)18-7-9-19(25)10-8-18/h3-11,14-15,27H,12-13H2,1-2H3,(H,26,28). The first-order valence-electron chi connectivity index (χ1n) is 9.97. The van der Waals surface area contributed by atoms with Gasteiger partial charge in [-0.1, -0.05) is 30.3 Å². The Morgan fingerprint density at radius 1 is 0.935 bits per heavy atom. The molecule has 0 spiro atoms. The van der Waals surface area contributed by atoms with Crippen LogP contribution >= 0.6 is 0 Å². The van der Waals surface area contributed by atoms with Crippen LogP contribution in [0.3, 0.4) is 0 Å². The maximum atomic E-state index is 13.3. The highest BCUT2D eigenvalue weighted by Gasteiger charge is 2.51. The summed E-state index contributed by atoms with van der Waals surface area (Å²) in [5, 5.41) is 2.85. The third-order valence-corrected chi connectivity index (χ3v) is 7.11. The lowest BCUT2D eigenvalue weighted by atomic mass is 9.95. The second-order valence-electron chi connectivity index (χ2n) is 8.00. The monoisotopic (exact) mass is 438 g/mol. The molecular formula is C24H23FN2O3S. The number of carbonyl (C=O) groups is 1. The van der Waals surface area contributed by atoms with E-state index in [1.165, 1.54) is 18.2 Å². The molecule has 4 rings (SSSR count). The van der Waals surface area contributed by atoms with Gasteiger partial charge in [0.25, 0.3) is 10.0 Å². The molecule has 3 aromatic rings. The Balaban J connectivity index is 1.58. The molecular weight excluding hydrogens is 415 g/mol. The third kappa shape index (κ3) is 4.32. The molecule has 0 aromatic heterocycles. The van der Waals surface area contributed by atoms with Gasteiger partial charge >= 0.3 is 0 Å². The molecule has 0 heterocycles. The van der Waals surface area contributed by atoms with E-state index in [1.54, 1.807) is 49.4 Å². The van der Waals surface area contributed by atoms with E-state index in [1.807, 2.05) is 13.0 Å². The minimum Gasteiger partial charge on any atom is -0.325 e. The number of amides is 1. The van der Waals surface area contributed by atoms with Crippen molar-refractivity contribution in [3.8, 4) is 0 Å². The summed E-state index contributed by atoms with van der Waals surface area (Å²) < 4.78 is 41.8. The average molecular weight is 439 g/mol. The van der Waals surface area contributed by atoms with E-state index in [0.717, 1.165) is 11.1 Å². The summed E-state index contributed by atoms with van der Waals surface area (Å²) >= 11 is 0. The smallest absolute Gasteiger partial charge is 0.262 e. The van der Waals surface area contributed by atoms with Crippen LogP contribution in [0.25, 0.3) is 0 Å². The number of carbonyl (C=O) groups excluding carboxylic acids is 1. The molecule has 2 N–H and O–H groups in total. The van der Waals surface area contributed by atoms with Gasteiger partial charge in [0.2, 0.25) is 5.91 Å². The number of sulfonamides is 1. The van der Waals surface area contributed by atoms with Gasteiger partial charge in [0, 0.05) is 11.4 Å². The zero-order chi connectivity index (χ0) is 22.2. The molecule has 1 saturated carbocycles. The fourth-order valence-corrected chi connectivity index (χ4v) is 5.00. The van der Waals surface area contributed by atoms with Crippen LogP contribution < -0.4 is 10.0 Å². The Labute approximate surface area is 181 Å². The summed E-state index contributed by atoms with van der Waals surface area (Å²) in [4.78, 5) is 13.1. The minimum atomic E-state index is -3.84. The summed E-state index contributed by atoms with van der Waals surface area (Å²) in [7, 11) is -3.84.